The number of aliphatic hydroxyl groups excluding tert-OH is 1. The van der Waals surface area contributed by atoms with E-state index in [1.54, 1.807) is 0 Å². The Morgan fingerprint density at radius 1 is 1.11 bits per heavy atom. The molecule has 1 atom stereocenters. The lowest BCUT2D eigenvalue weighted by molar-refractivity contribution is 0.166. The molecule has 0 unspecified atom stereocenters. The van der Waals surface area contributed by atoms with Crippen LogP contribution >= 0.6 is 0 Å². The molecule has 18 heavy (non-hydrogen) atoms. The molecule has 0 bridgehead atoms. The summed E-state index contributed by atoms with van der Waals surface area (Å²) >= 11 is 0. The van der Waals surface area contributed by atoms with E-state index >= 15 is 0 Å². The average molecular weight is 250 g/mol. The first kappa shape index (κ1) is 13.2. The third kappa shape index (κ3) is 2.78. The van der Waals surface area contributed by atoms with Crippen LogP contribution in [-0.2, 0) is 6.42 Å². The Labute approximate surface area is 109 Å². The highest BCUT2D eigenvalue weighted by Crippen LogP contribution is 2.37. The van der Waals surface area contributed by atoms with E-state index in [0.717, 1.165) is 42.7 Å². The minimum Gasteiger partial charge on any atom is -0.490 e. The van der Waals surface area contributed by atoms with Crippen molar-refractivity contribution in [2.45, 2.75) is 45.6 Å². The Kier molecular flexibility index (Phi) is 4.48. The molecule has 1 aliphatic rings. The van der Waals surface area contributed by atoms with Crippen molar-refractivity contribution in [1.29, 1.82) is 0 Å². The Morgan fingerprint density at radius 2 is 1.78 bits per heavy atom. The number of fused-ring (bicyclic) bond motifs is 1. The quantitative estimate of drug-likeness (QED) is 0.834. The van der Waals surface area contributed by atoms with E-state index in [1.807, 2.05) is 26.0 Å². The van der Waals surface area contributed by atoms with Gasteiger partial charge in [-0.25, -0.2) is 0 Å². The number of rotatable bonds is 4. The van der Waals surface area contributed by atoms with Gasteiger partial charge in [0.25, 0.3) is 0 Å². The van der Waals surface area contributed by atoms with Gasteiger partial charge in [-0.1, -0.05) is 6.42 Å². The van der Waals surface area contributed by atoms with Crippen LogP contribution in [0.5, 0.6) is 11.5 Å². The number of benzene rings is 1. The smallest absolute Gasteiger partial charge is 0.161 e. The molecule has 0 saturated carbocycles. The summed E-state index contributed by atoms with van der Waals surface area (Å²) in [6.07, 6.45) is 3.69. The summed E-state index contributed by atoms with van der Waals surface area (Å²) in [6, 6.07) is 4.00. The summed E-state index contributed by atoms with van der Waals surface area (Å²) < 4.78 is 11.2. The SMILES string of the molecule is CCOc1cc2c(cc1OCC)[C@H](O)CCCC2. The van der Waals surface area contributed by atoms with Crippen molar-refractivity contribution in [1.82, 2.24) is 0 Å². The van der Waals surface area contributed by atoms with Gasteiger partial charge >= 0.3 is 0 Å². The zero-order valence-corrected chi connectivity index (χ0v) is 11.2. The van der Waals surface area contributed by atoms with Gasteiger partial charge in [-0.2, -0.15) is 0 Å². The first-order valence-electron chi connectivity index (χ1n) is 6.86. The molecule has 1 aromatic rings. The second-order valence-corrected chi connectivity index (χ2v) is 4.63. The predicted octanol–water partition coefficient (Wildman–Crippen LogP) is 3.24. The molecule has 100 valence electrons. The predicted molar refractivity (Wildman–Crippen MR) is 71.3 cm³/mol. The zero-order valence-electron chi connectivity index (χ0n) is 11.2. The molecule has 0 fully saturated rings. The molecule has 0 amide bonds. The van der Waals surface area contributed by atoms with Crippen LogP contribution in [0.15, 0.2) is 12.1 Å². The summed E-state index contributed by atoms with van der Waals surface area (Å²) in [5.74, 6) is 1.55. The molecule has 1 aromatic carbocycles. The van der Waals surface area contributed by atoms with Crippen LogP contribution in [0.1, 0.15) is 50.3 Å². The molecule has 0 saturated heterocycles. The van der Waals surface area contributed by atoms with E-state index in [4.69, 9.17) is 9.47 Å². The van der Waals surface area contributed by atoms with Crippen molar-refractivity contribution in [3.05, 3.63) is 23.3 Å². The maximum Gasteiger partial charge on any atom is 0.161 e. The summed E-state index contributed by atoms with van der Waals surface area (Å²) in [5.41, 5.74) is 2.21. The van der Waals surface area contributed by atoms with Crippen LogP contribution in [0.25, 0.3) is 0 Å². The summed E-state index contributed by atoms with van der Waals surface area (Å²) in [7, 11) is 0. The van der Waals surface area contributed by atoms with Crippen molar-refractivity contribution >= 4 is 0 Å². The topological polar surface area (TPSA) is 38.7 Å². The number of aliphatic hydroxyl groups is 1. The van der Waals surface area contributed by atoms with Crippen LogP contribution < -0.4 is 9.47 Å². The van der Waals surface area contributed by atoms with Crippen LogP contribution in [0.4, 0.5) is 0 Å². The molecule has 0 heterocycles. The van der Waals surface area contributed by atoms with E-state index in [0.29, 0.717) is 13.2 Å². The lowest BCUT2D eigenvalue weighted by Gasteiger charge is -2.17. The van der Waals surface area contributed by atoms with Crippen molar-refractivity contribution in [2.24, 2.45) is 0 Å². The van der Waals surface area contributed by atoms with Gasteiger partial charge < -0.3 is 14.6 Å². The number of hydrogen-bond acceptors (Lipinski definition) is 3. The molecule has 2 rings (SSSR count). The molecule has 1 N–H and O–H groups in total. The molecule has 0 spiro atoms. The summed E-state index contributed by atoms with van der Waals surface area (Å²) in [5, 5.41) is 10.2. The van der Waals surface area contributed by atoms with Crippen molar-refractivity contribution in [2.75, 3.05) is 13.2 Å². The molecule has 3 nitrogen and oxygen atoms in total. The second kappa shape index (κ2) is 6.10. The van der Waals surface area contributed by atoms with E-state index < -0.39 is 0 Å². The third-order valence-electron chi connectivity index (χ3n) is 3.34. The van der Waals surface area contributed by atoms with Gasteiger partial charge in [-0.15, -0.1) is 0 Å². The second-order valence-electron chi connectivity index (χ2n) is 4.63. The Morgan fingerprint density at radius 3 is 2.44 bits per heavy atom. The van der Waals surface area contributed by atoms with E-state index in [-0.39, 0.29) is 6.10 Å². The van der Waals surface area contributed by atoms with Gasteiger partial charge in [0.05, 0.1) is 19.3 Å². The van der Waals surface area contributed by atoms with Crippen molar-refractivity contribution < 1.29 is 14.6 Å². The summed E-state index contributed by atoms with van der Waals surface area (Å²) in [6.45, 7) is 5.16. The van der Waals surface area contributed by atoms with Crippen LogP contribution in [-0.4, -0.2) is 18.3 Å². The fourth-order valence-corrected chi connectivity index (χ4v) is 2.49. The maximum absolute atomic E-state index is 10.2. The maximum atomic E-state index is 10.2. The molecule has 3 heteroatoms. The van der Waals surface area contributed by atoms with Crippen LogP contribution in [0.2, 0.25) is 0 Å². The van der Waals surface area contributed by atoms with Crippen LogP contribution in [0, 0.1) is 0 Å². The van der Waals surface area contributed by atoms with Gasteiger partial charge in [-0.3, -0.25) is 0 Å². The zero-order chi connectivity index (χ0) is 13.0. The van der Waals surface area contributed by atoms with Crippen molar-refractivity contribution in [3.8, 4) is 11.5 Å². The molecule has 0 aliphatic heterocycles. The van der Waals surface area contributed by atoms with E-state index in [2.05, 4.69) is 0 Å². The van der Waals surface area contributed by atoms with Gasteiger partial charge in [0, 0.05) is 0 Å². The van der Waals surface area contributed by atoms with Gasteiger partial charge in [0.2, 0.25) is 0 Å². The van der Waals surface area contributed by atoms with Gasteiger partial charge in [0.15, 0.2) is 11.5 Å². The Hall–Kier alpha value is -1.22. The standard InChI is InChI=1S/C15H22O3/c1-3-17-14-9-11-7-5-6-8-13(16)12(11)10-15(14)18-4-2/h9-10,13,16H,3-8H2,1-2H3/t13-/m1/s1. The first-order valence-corrected chi connectivity index (χ1v) is 6.86. The molecular formula is C15H22O3. The molecular weight excluding hydrogens is 228 g/mol. The van der Waals surface area contributed by atoms with E-state index in [9.17, 15) is 5.11 Å². The Bertz CT molecular complexity index is 401. The highest BCUT2D eigenvalue weighted by atomic mass is 16.5. The van der Waals surface area contributed by atoms with Gasteiger partial charge in [0.1, 0.15) is 0 Å². The fourth-order valence-electron chi connectivity index (χ4n) is 2.49. The third-order valence-corrected chi connectivity index (χ3v) is 3.34. The molecule has 0 aromatic heterocycles. The van der Waals surface area contributed by atoms with Crippen LogP contribution in [0.3, 0.4) is 0 Å². The fraction of sp³-hybridized carbons (Fsp3) is 0.600. The minimum absolute atomic E-state index is 0.364. The Balaban J connectivity index is 2.40. The largest absolute Gasteiger partial charge is 0.490 e. The summed E-state index contributed by atoms with van der Waals surface area (Å²) in [4.78, 5) is 0. The first-order chi connectivity index (χ1) is 8.76. The number of ether oxygens (including phenoxy) is 2. The van der Waals surface area contributed by atoms with Gasteiger partial charge in [-0.05, 0) is 56.4 Å². The lowest BCUT2D eigenvalue weighted by Crippen LogP contribution is -2.04. The minimum atomic E-state index is -0.364. The number of aryl methyl sites for hydroxylation is 1. The average Bonchev–Trinajstić information content (AvgIpc) is 2.53. The van der Waals surface area contributed by atoms with Crippen molar-refractivity contribution in [3.63, 3.8) is 0 Å². The lowest BCUT2D eigenvalue weighted by atomic mass is 10.00. The number of hydrogen-bond donors (Lipinski definition) is 1. The highest BCUT2D eigenvalue weighted by Gasteiger charge is 2.19. The molecule has 0 radical (unpaired) electrons. The normalized spacial score (nSPS) is 18.9. The highest BCUT2D eigenvalue weighted by molar-refractivity contribution is 5.48. The van der Waals surface area contributed by atoms with E-state index in [1.165, 1.54) is 5.56 Å². The monoisotopic (exact) mass is 250 g/mol. The molecule has 1 aliphatic carbocycles.